The lowest BCUT2D eigenvalue weighted by molar-refractivity contribution is 0.0590. The molecule has 0 saturated carbocycles. The van der Waals surface area contributed by atoms with Crippen molar-refractivity contribution in [3.05, 3.63) is 47.8 Å². The van der Waals surface area contributed by atoms with Gasteiger partial charge in [0, 0.05) is 37.4 Å². The fourth-order valence-electron chi connectivity index (χ4n) is 4.53. The van der Waals surface area contributed by atoms with Crippen LogP contribution in [-0.2, 0) is 11.8 Å². The fraction of sp³-hybridized carbons (Fsp3) is 0.375. The van der Waals surface area contributed by atoms with E-state index in [0.29, 0.717) is 36.0 Å². The van der Waals surface area contributed by atoms with Crippen LogP contribution in [0.15, 0.2) is 36.5 Å². The van der Waals surface area contributed by atoms with Crippen LogP contribution < -0.4 is 9.64 Å². The summed E-state index contributed by atoms with van der Waals surface area (Å²) < 4.78 is 12.6. The Balaban J connectivity index is 1.47. The van der Waals surface area contributed by atoms with Crippen LogP contribution in [0.5, 0.6) is 5.75 Å². The minimum absolute atomic E-state index is 0.0151. The summed E-state index contributed by atoms with van der Waals surface area (Å²) in [6.45, 7) is 2.73. The third-order valence-electron chi connectivity index (χ3n) is 6.29. The van der Waals surface area contributed by atoms with Gasteiger partial charge in [0.1, 0.15) is 12.3 Å². The van der Waals surface area contributed by atoms with E-state index in [1.165, 1.54) is 13.5 Å². The first-order valence-corrected chi connectivity index (χ1v) is 10.9. The van der Waals surface area contributed by atoms with Crippen molar-refractivity contribution in [1.82, 2.24) is 14.5 Å². The molecule has 0 atom stereocenters. The zero-order valence-corrected chi connectivity index (χ0v) is 18.3. The topological polar surface area (TPSA) is 76.9 Å². The summed E-state index contributed by atoms with van der Waals surface area (Å²) in [5.74, 6) is 0.949. The number of esters is 1. The van der Waals surface area contributed by atoms with Gasteiger partial charge in [0.25, 0.3) is 5.91 Å². The van der Waals surface area contributed by atoms with Gasteiger partial charge in [-0.05, 0) is 43.5 Å². The molecule has 1 fully saturated rings. The van der Waals surface area contributed by atoms with Crippen LogP contribution in [0.4, 0.5) is 11.5 Å². The zero-order chi connectivity index (χ0) is 22.2. The molecule has 4 heterocycles. The van der Waals surface area contributed by atoms with E-state index in [1.54, 1.807) is 6.20 Å². The molecule has 0 bridgehead atoms. The van der Waals surface area contributed by atoms with Crippen molar-refractivity contribution >= 4 is 34.3 Å². The minimum Gasteiger partial charge on any atom is -0.488 e. The summed E-state index contributed by atoms with van der Waals surface area (Å²) in [6, 6.07) is 9.66. The van der Waals surface area contributed by atoms with Gasteiger partial charge in [-0.3, -0.25) is 4.79 Å². The van der Waals surface area contributed by atoms with E-state index in [0.717, 1.165) is 42.5 Å². The summed E-state index contributed by atoms with van der Waals surface area (Å²) in [5, 5.41) is 0.959. The Morgan fingerprint density at radius 2 is 1.88 bits per heavy atom. The third kappa shape index (κ3) is 3.45. The van der Waals surface area contributed by atoms with Crippen molar-refractivity contribution in [2.24, 2.45) is 7.05 Å². The maximum atomic E-state index is 12.9. The van der Waals surface area contributed by atoms with Gasteiger partial charge in [-0.1, -0.05) is 6.07 Å². The quantitative estimate of drug-likeness (QED) is 0.587. The summed E-state index contributed by atoms with van der Waals surface area (Å²) in [5.41, 5.74) is 2.93. The van der Waals surface area contributed by atoms with E-state index in [9.17, 15) is 9.59 Å². The Morgan fingerprint density at radius 1 is 1.06 bits per heavy atom. The number of piperidine rings is 1. The Hall–Kier alpha value is -3.55. The summed E-state index contributed by atoms with van der Waals surface area (Å²) in [4.78, 5) is 33.5. The van der Waals surface area contributed by atoms with Crippen molar-refractivity contribution in [2.75, 3.05) is 38.3 Å². The number of pyridine rings is 1. The molecular formula is C24H26N4O4. The van der Waals surface area contributed by atoms with Gasteiger partial charge in [0.15, 0.2) is 11.6 Å². The number of anilines is 2. The van der Waals surface area contributed by atoms with Crippen LogP contribution in [0.2, 0.25) is 0 Å². The van der Waals surface area contributed by atoms with Crippen molar-refractivity contribution in [2.45, 2.75) is 19.3 Å². The molecule has 32 heavy (non-hydrogen) atoms. The zero-order valence-electron chi connectivity index (χ0n) is 18.3. The van der Waals surface area contributed by atoms with Crippen LogP contribution >= 0.6 is 0 Å². The number of nitrogens with zero attached hydrogens (tertiary/aromatic N) is 4. The van der Waals surface area contributed by atoms with Gasteiger partial charge in [-0.25, -0.2) is 9.78 Å². The lowest BCUT2D eigenvalue weighted by atomic mass is 10.1. The van der Waals surface area contributed by atoms with Crippen LogP contribution in [0.1, 0.15) is 40.1 Å². The number of carbonyl (C=O) groups is 2. The van der Waals surface area contributed by atoms with E-state index in [1.807, 2.05) is 46.8 Å². The highest BCUT2D eigenvalue weighted by Crippen LogP contribution is 2.37. The molecule has 0 unspecified atom stereocenters. The molecule has 0 aliphatic carbocycles. The number of carbonyl (C=O) groups excluding carboxylic acids is 2. The van der Waals surface area contributed by atoms with Crippen molar-refractivity contribution in [3.63, 3.8) is 0 Å². The van der Waals surface area contributed by atoms with Crippen molar-refractivity contribution in [1.29, 1.82) is 0 Å². The number of fused-ring (bicyclic) bond motifs is 2. The van der Waals surface area contributed by atoms with Crippen molar-refractivity contribution < 1.29 is 19.1 Å². The van der Waals surface area contributed by atoms with E-state index in [-0.39, 0.29) is 11.9 Å². The monoisotopic (exact) mass is 434 g/mol. The second kappa shape index (κ2) is 8.18. The number of likely N-dealkylation sites (tertiary alicyclic amines) is 1. The molecule has 3 aromatic rings. The molecule has 0 radical (unpaired) electrons. The highest BCUT2D eigenvalue weighted by Gasteiger charge is 2.25. The molecular weight excluding hydrogens is 408 g/mol. The van der Waals surface area contributed by atoms with E-state index < -0.39 is 0 Å². The Morgan fingerprint density at radius 3 is 2.66 bits per heavy atom. The maximum absolute atomic E-state index is 12.9. The molecule has 1 amide bonds. The number of aryl methyl sites for hydroxylation is 1. The maximum Gasteiger partial charge on any atom is 0.354 e. The highest BCUT2D eigenvalue weighted by atomic mass is 16.5. The predicted octanol–water partition coefficient (Wildman–Crippen LogP) is 3.52. The van der Waals surface area contributed by atoms with Crippen LogP contribution in [0.3, 0.4) is 0 Å². The highest BCUT2D eigenvalue weighted by molar-refractivity contribution is 5.97. The molecule has 0 spiro atoms. The second-order valence-electron chi connectivity index (χ2n) is 8.22. The SMILES string of the molecule is COC(=O)c1cc2ccc(N3CCOc4cc(C(=O)N5CCCCC5)cnc43)cc2n1C. The summed E-state index contributed by atoms with van der Waals surface area (Å²) in [7, 11) is 3.23. The largest absolute Gasteiger partial charge is 0.488 e. The number of methoxy groups -OCH3 is 1. The van der Waals surface area contributed by atoms with E-state index >= 15 is 0 Å². The van der Waals surface area contributed by atoms with E-state index in [4.69, 9.17) is 9.47 Å². The molecule has 1 aromatic carbocycles. The van der Waals surface area contributed by atoms with Gasteiger partial charge in [0.05, 0.1) is 24.7 Å². The van der Waals surface area contributed by atoms with Gasteiger partial charge < -0.3 is 23.8 Å². The molecule has 2 aliphatic heterocycles. The normalized spacial score (nSPS) is 15.9. The second-order valence-corrected chi connectivity index (χ2v) is 8.22. The Labute approximate surface area is 186 Å². The Bertz CT molecular complexity index is 1200. The number of benzene rings is 1. The van der Waals surface area contributed by atoms with Gasteiger partial charge in [-0.2, -0.15) is 0 Å². The first kappa shape index (κ1) is 20.4. The third-order valence-corrected chi connectivity index (χ3v) is 6.29. The molecule has 8 nitrogen and oxygen atoms in total. The standard InChI is InChI=1S/C24H26N4O4/c1-26-19-14-18(7-6-16(19)12-20(26)24(30)31-2)28-10-11-32-21-13-17(15-25-22(21)28)23(29)27-8-4-3-5-9-27/h6-7,12-15H,3-5,8-11H2,1-2H3. The lowest BCUT2D eigenvalue weighted by Crippen LogP contribution is -2.36. The lowest BCUT2D eigenvalue weighted by Gasteiger charge is -2.31. The smallest absolute Gasteiger partial charge is 0.354 e. The molecule has 2 aliphatic rings. The summed E-state index contributed by atoms with van der Waals surface area (Å²) in [6.07, 6.45) is 4.92. The Kier molecular flexibility index (Phi) is 5.20. The summed E-state index contributed by atoms with van der Waals surface area (Å²) >= 11 is 0. The minimum atomic E-state index is -0.366. The average Bonchev–Trinajstić information content (AvgIpc) is 3.18. The number of hydrogen-bond acceptors (Lipinski definition) is 6. The molecule has 0 N–H and O–H groups in total. The number of rotatable bonds is 3. The van der Waals surface area contributed by atoms with Crippen LogP contribution in [-0.4, -0.2) is 59.7 Å². The molecule has 8 heteroatoms. The number of hydrogen-bond donors (Lipinski definition) is 0. The number of ether oxygens (including phenoxy) is 2. The van der Waals surface area contributed by atoms with Crippen LogP contribution in [0.25, 0.3) is 10.9 Å². The van der Waals surface area contributed by atoms with Crippen molar-refractivity contribution in [3.8, 4) is 5.75 Å². The molecule has 166 valence electrons. The number of amides is 1. The predicted molar refractivity (Wildman–Crippen MR) is 121 cm³/mol. The first-order valence-electron chi connectivity index (χ1n) is 10.9. The van der Waals surface area contributed by atoms with Gasteiger partial charge in [0.2, 0.25) is 0 Å². The average molecular weight is 434 g/mol. The molecule has 2 aromatic heterocycles. The van der Waals surface area contributed by atoms with Crippen LogP contribution in [0, 0.1) is 0 Å². The molecule has 1 saturated heterocycles. The van der Waals surface area contributed by atoms with Gasteiger partial charge in [-0.15, -0.1) is 0 Å². The fourth-order valence-corrected chi connectivity index (χ4v) is 4.53. The van der Waals surface area contributed by atoms with E-state index in [2.05, 4.69) is 9.88 Å². The van der Waals surface area contributed by atoms with Gasteiger partial charge >= 0.3 is 5.97 Å². The number of aromatic nitrogens is 2. The first-order chi connectivity index (χ1) is 15.6. The molecule has 5 rings (SSSR count).